The zero-order valence-corrected chi connectivity index (χ0v) is 20.8. The van der Waals surface area contributed by atoms with Crippen molar-refractivity contribution in [3.05, 3.63) is 78.9 Å². The van der Waals surface area contributed by atoms with Crippen LogP contribution >= 0.6 is 0 Å². The molecule has 196 valence electrons. The van der Waals surface area contributed by atoms with Gasteiger partial charge >= 0.3 is 5.97 Å². The number of non-ortho nitro benzene ring substituents is 2. The summed E-state index contributed by atoms with van der Waals surface area (Å²) in [7, 11) is 0. The van der Waals surface area contributed by atoms with Gasteiger partial charge in [-0.3, -0.25) is 29.8 Å². The Balaban J connectivity index is 1.85. The van der Waals surface area contributed by atoms with Gasteiger partial charge in [-0.25, -0.2) is 4.79 Å². The van der Waals surface area contributed by atoms with Gasteiger partial charge in [0.2, 0.25) is 5.91 Å². The van der Waals surface area contributed by atoms with Crippen molar-refractivity contribution >= 4 is 29.2 Å². The predicted molar refractivity (Wildman–Crippen MR) is 132 cm³/mol. The molecule has 1 fully saturated rings. The highest BCUT2D eigenvalue weighted by Gasteiger charge is 2.42. The number of benzene rings is 2. The number of unbranched alkanes of at least 4 members (excludes halogenated alkanes) is 1. The number of nitrogens with one attached hydrogen (secondary N) is 1. The molecule has 2 aromatic carbocycles. The maximum Gasteiger partial charge on any atom is 0.338 e. The number of aryl methyl sites for hydroxylation is 2. The number of carbonyl (C=O) groups excluding carboxylic acids is 3. The van der Waals surface area contributed by atoms with Crippen LogP contribution in [0.15, 0.2) is 36.4 Å². The van der Waals surface area contributed by atoms with E-state index >= 15 is 0 Å². The lowest BCUT2D eigenvalue weighted by atomic mass is 10.1. The van der Waals surface area contributed by atoms with Crippen molar-refractivity contribution in [2.75, 3.05) is 13.1 Å². The van der Waals surface area contributed by atoms with Crippen LogP contribution in [0.25, 0.3) is 0 Å². The van der Waals surface area contributed by atoms with Crippen molar-refractivity contribution in [1.82, 2.24) is 10.2 Å². The monoisotopic (exact) mass is 512 g/mol. The van der Waals surface area contributed by atoms with Gasteiger partial charge < -0.3 is 15.0 Å². The first-order valence-electron chi connectivity index (χ1n) is 11.8. The molecule has 37 heavy (non-hydrogen) atoms. The molecule has 12 heteroatoms. The van der Waals surface area contributed by atoms with Crippen molar-refractivity contribution < 1.29 is 29.0 Å². The molecule has 0 aliphatic carbocycles. The summed E-state index contributed by atoms with van der Waals surface area (Å²) in [5.74, 6) is -1.80. The number of esters is 1. The largest absolute Gasteiger partial charge is 0.457 e. The minimum atomic E-state index is -1.03. The molecule has 0 spiro atoms. The standard InChI is InChI=1S/C25H28N4O8/c1-4-5-6-26-23(30)22-13-21(14-27(22)24(31)17-8-15(2)7-16(3)9-17)37-25(32)18-10-19(28(33)34)12-20(11-18)29(35)36/h7-12,21-22H,4-6,13-14H2,1-3H3,(H,26,30)/t21-,22+/m1/s1. The number of rotatable bonds is 9. The number of hydrogen-bond acceptors (Lipinski definition) is 8. The van der Waals surface area contributed by atoms with E-state index in [4.69, 9.17) is 4.74 Å². The van der Waals surface area contributed by atoms with Crippen molar-refractivity contribution in [2.24, 2.45) is 0 Å². The molecule has 2 aromatic rings. The minimum Gasteiger partial charge on any atom is -0.457 e. The molecule has 0 saturated carbocycles. The van der Waals surface area contributed by atoms with E-state index in [0.717, 1.165) is 42.2 Å². The molecule has 2 amide bonds. The highest BCUT2D eigenvalue weighted by Crippen LogP contribution is 2.27. The summed E-state index contributed by atoms with van der Waals surface area (Å²) in [5.41, 5.74) is 0.511. The molecule has 1 heterocycles. The Morgan fingerprint density at radius 1 is 0.973 bits per heavy atom. The normalized spacial score (nSPS) is 16.8. The zero-order valence-electron chi connectivity index (χ0n) is 20.8. The van der Waals surface area contributed by atoms with Gasteiger partial charge in [-0.15, -0.1) is 0 Å². The molecule has 2 atom stereocenters. The van der Waals surface area contributed by atoms with E-state index in [9.17, 15) is 34.6 Å². The molecule has 0 bridgehead atoms. The molecule has 1 N–H and O–H groups in total. The highest BCUT2D eigenvalue weighted by atomic mass is 16.6. The van der Waals surface area contributed by atoms with Crippen LogP contribution in [0.2, 0.25) is 0 Å². The lowest BCUT2D eigenvalue weighted by Gasteiger charge is -2.24. The highest BCUT2D eigenvalue weighted by molar-refractivity contribution is 5.98. The first kappa shape index (κ1) is 27.2. The second-order valence-corrected chi connectivity index (χ2v) is 9.01. The Morgan fingerprint density at radius 3 is 2.11 bits per heavy atom. The molecular formula is C25H28N4O8. The van der Waals surface area contributed by atoms with E-state index in [-0.39, 0.29) is 24.4 Å². The first-order valence-corrected chi connectivity index (χ1v) is 11.8. The summed E-state index contributed by atoms with van der Waals surface area (Å²) in [6.45, 7) is 6.03. The number of nitro benzene ring substituents is 2. The van der Waals surface area contributed by atoms with Crippen LogP contribution in [0.5, 0.6) is 0 Å². The molecule has 0 unspecified atom stereocenters. The summed E-state index contributed by atoms with van der Waals surface area (Å²) in [4.78, 5) is 61.1. The molecule has 1 aliphatic rings. The van der Waals surface area contributed by atoms with E-state index in [2.05, 4.69) is 5.32 Å². The zero-order chi connectivity index (χ0) is 27.3. The van der Waals surface area contributed by atoms with Gasteiger partial charge in [0.1, 0.15) is 12.1 Å². The van der Waals surface area contributed by atoms with Gasteiger partial charge in [-0.1, -0.05) is 30.5 Å². The summed E-state index contributed by atoms with van der Waals surface area (Å²) >= 11 is 0. The van der Waals surface area contributed by atoms with Crippen LogP contribution < -0.4 is 5.32 Å². The van der Waals surface area contributed by atoms with Crippen LogP contribution in [0.4, 0.5) is 11.4 Å². The van der Waals surface area contributed by atoms with Crippen molar-refractivity contribution in [3.63, 3.8) is 0 Å². The average molecular weight is 513 g/mol. The minimum absolute atomic E-state index is 0.0112. The third-order valence-corrected chi connectivity index (χ3v) is 5.96. The van der Waals surface area contributed by atoms with Gasteiger partial charge in [-0.2, -0.15) is 0 Å². The second-order valence-electron chi connectivity index (χ2n) is 9.01. The van der Waals surface area contributed by atoms with Gasteiger partial charge in [0.25, 0.3) is 17.3 Å². The number of nitrogens with zero attached hydrogens (tertiary/aromatic N) is 3. The Morgan fingerprint density at radius 2 is 1.57 bits per heavy atom. The van der Waals surface area contributed by atoms with Crippen molar-refractivity contribution in [3.8, 4) is 0 Å². The van der Waals surface area contributed by atoms with E-state index in [1.54, 1.807) is 12.1 Å². The van der Waals surface area contributed by atoms with Gasteiger partial charge in [0.05, 0.1) is 28.0 Å². The van der Waals surface area contributed by atoms with Gasteiger partial charge in [0.15, 0.2) is 0 Å². The number of nitro groups is 2. The Labute approximate surface area is 212 Å². The number of hydrogen-bond donors (Lipinski definition) is 1. The Kier molecular flexibility index (Phi) is 8.53. The summed E-state index contributed by atoms with van der Waals surface area (Å²) < 4.78 is 5.48. The molecule has 1 saturated heterocycles. The van der Waals surface area contributed by atoms with E-state index < -0.39 is 45.2 Å². The first-order chi connectivity index (χ1) is 17.5. The number of ether oxygens (including phenoxy) is 1. The SMILES string of the molecule is CCCCNC(=O)[C@@H]1C[C@@H](OC(=O)c2cc([N+](=O)[O-])cc([N+](=O)[O-])c2)CN1C(=O)c1cc(C)cc(C)c1. The average Bonchev–Trinajstić information content (AvgIpc) is 3.26. The maximum absolute atomic E-state index is 13.4. The third kappa shape index (κ3) is 6.66. The lowest BCUT2D eigenvalue weighted by Crippen LogP contribution is -2.46. The second kappa shape index (κ2) is 11.6. The van der Waals surface area contributed by atoms with Gasteiger partial charge in [-0.05, 0) is 32.4 Å². The fourth-order valence-corrected chi connectivity index (χ4v) is 4.27. The number of amides is 2. The number of likely N-dealkylation sites (tertiary alicyclic amines) is 1. The predicted octanol–water partition coefficient (Wildman–Crippen LogP) is 3.48. The fraction of sp³-hybridized carbons (Fsp3) is 0.400. The molecule has 0 radical (unpaired) electrons. The topological polar surface area (TPSA) is 162 Å². The smallest absolute Gasteiger partial charge is 0.338 e. The summed E-state index contributed by atoms with van der Waals surface area (Å²) in [6.07, 6.45) is 0.735. The Hall–Kier alpha value is -4.35. The quantitative estimate of drug-likeness (QED) is 0.231. The molecule has 12 nitrogen and oxygen atoms in total. The van der Waals surface area contributed by atoms with E-state index in [1.807, 2.05) is 26.8 Å². The Bertz CT molecular complexity index is 1190. The molecule has 1 aliphatic heterocycles. The van der Waals surface area contributed by atoms with E-state index in [1.165, 1.54) is 4.90 Å². The van der Waals surface area contributed by atoms with E-state index in [0.29, 0.717) is 12.1 Å². The summed E-state index contributed by atoms with van der Waals surface area (Å²) in [5, 5.41) is 25.1. The number of carbonyl (C=O) groups is 3. The molecule has 3 rings (SSSR count). The van der Waals surface area contributed by atoms with Gasteiger partial charge in [0, 0.05) is 30.7 Å². The molecular weight excluding hydrogens is 484 g/mol. The van der Waals surface area contributed by atoms with Crippen LogP contribution in [-0.4, -0.2) is 57.8 Å². The van der Waals surface area contributed by atoms with Crippen LogP contribution in [0.1, 0.15) is 58.0 Å². The summed E-state index contributed by atoms with van der Waals surface area (Å²) in [6, 6.07) is 6.95. The molecule has 0 aromatic heterocycles. The van der Waals surface area contributed by atoms with Crippen molar-refractivity contribution in [1.29, 1.82) is 0 Å². The lowest BCUT2D eigenvalue weighted by molar-refractivity contribution is -0.394. The van der Waals surface area contributed by atoms with Crippen LogP contribution in [0.3, 0.4) is 0 Å². The van der Waals surface area contributed by atoms with Crippen molar-refractivity contribution in [2.45, 2.75) is 52.2 Å². The fourth-order valence-electron chi connectivity index (χ4n) is 4.27. The third-order valence-electron chi connectivity index (χ3n) is 5.96. The van der Waals surface area contributed by atoms with Crippen LogP contribution in [-0.2, 0) is 9.53 Å². The maximum atomic E-state index is 13.4. The van der Waals surface area contributed by atoms with Crippen LogP contribution in [0, 0.1) is 34.1 Å².